The number of benzene rings is 2. The van der Waals surface area contributed by atoms with E-state index in [0.29, 0.717) is 21.5 Å². The Labute approximate surface area is 161 Å². The topological polar surface area (TPSA) is 51.5 Å². The van der Waals surface area contributed by atoms with Crippen LogP contribution in [0.4, 0.5) is 5.69 Å². The van der Waals surface area contributed by atoms with Gasteiger partial charge in [0.1, 0.15) is 11.3 Å². The molecule has 1 amide bonds. The molecular formula is C20H17Cl2NO3. The molecule has 26 heavy (non-hydrogen) atoms. The van der Waals surface area contributed by atoms with Crippen LogP contribution in [0.5, 0.6) is 5.75 Å². The van der Waals surface area contributed by atoms with Gasteiger partial charge in [0.05, 0.1) is 23.4 Å². The third kappa shape index (κ3) is 3.71. The van der Waals surface area contributed by atoms with Crippen LogP contribution in [0.2, 0.25) is 10.0 Å². The van der Waals surface area contributed by atoms with Crippen LogP contribution in [0.15, 0.2) is 47.1 Å². The molecule has 4 nitrogen and oxygen atoms in total. The third-order valence-electron chi connectivity index (χ3n) is 4.05. The number of hydrogen-bond acceptors (Lipinski definition) is 3. The van der Waals surface area contributed by atoms with Crippen LogP contribution in [0.3, 0.4) is 0 Å². The minimum absolute atomic E-state index is 0.271. The predicted octanol–water partition coefficient (Wildman–Crippen LogP) is 6.10. The number of ether oxygens (including phenoxy) is 1. The number of furan rings is 1. The van der Waals surface area contributed by atoms with Crippen LogP contribution in [-0.2, 0) is 4.79 Å². The number of allylic oxidation sites excluding steroid dienone is 1. The van der Waals surface area contributed by atoms with E-state index in [-0.39, 0.29) is 5.91 Å². The number of nitrogens with one attached hydrogen (secondary N) is 1. The third-order valence-corrected chi connectivity index (χ3v) is 4.79. The number of methoxy groups -OCH3 is 1. The number of rotatable bonds is 4. The van der Waals surface area contributed by atoms with Gasteiger partial charge in [-0.25, -0.2) is 0 Å². The zero-order valence-corrected chi connectivity index (χ0v) is 16.0. The lowest BCUT2D eigenvalue weighted by molar-refractivity contribution is -0.111. The summed E-state index contributed by atoms with van der Waals surface area (Å²) in [4.78, 5) is 12.3. The number of halogens is 2. The second kappa shape index (κ2) is 7.44. The number of carbonyl (C=O) groups excluding carboxylic acids is 1. The quantitative estimate of drug-likeness (QED) is 0.548. The van der Waals surface area contributed by atoms with Crippen molar-refractivity contribution in [2.45, 2.75) is 13.8 Å². The van der Waals surface area contributed by atoms with Crippen molar-refractivity contribution < 1.29 is 13.9 Å². The Balaban J connectivity index is 1.90. The average Bonchev–Trinajstić information content (AvgIpc) is 2.97. The minimum atomic E-state index is -0.271. The molecule has 0 unspecified atom stereocenters. The molecule has 134 valence electrons. The number of aryl methyl sites for hydroxylation is 1. The molecule has 0 spiro atoms. The summed E-state index contributed by atoms with van der Waals surface area (Å²) >= 11 is 11.9. The molecule has 2 aromatic carbocycles. The van der Waals surface area contributed by atoms with E-state index in [1.807, 2.05) is 26.0 Å². The Hall–Kier alpha value is -2.43. The van der Waals surface area contributed by atoms with Gasteiger partial charge in [-0.1, -0.05) is 23.2 Å². The van der Waals surface area contributed by atoms with Gasteiger partial charge in [0.15, 0.2) is 0 Å². The summed E-state index contributed by atoms with van der Waals surface area (Å²) in [6, 6.07) is 8.72. The fraction of sp³-hybridized carbons (Fsp3) is 0.150. The summed E-state index contributed by atoms with van der Waals surface area (Å²) in [5.41, 5.74) is 3.94. The van der Waals surface area contributed by atoms with Gasteiger partial charge in [-0.2, -0.15) is 0 Å². The van der Waals surface area contributed by atoms with Crippen LogP contribution >= 0.6 is 23.2 Å². The SMILES string of the molecule is COc1cc2occ(C)c2cc1/C(C)=C/C(=O)Nc1ccc(Cl)c(Cl)c1. The Morgan fingerprint density at radius 1 is 1.19 bits per heavy atom. The molecule has 3 aromatic rings. The highest BCUT2D eigenvalue weighted by atomic mass is 35.5. The van der Waals surface area contributed by atoms with Crippen molar-refractivity contribution in [3.05, 3.63) is 63.8 Å². The van der Waals surface area contributed by atoms with Crippen LogP contribution in [0, 0.1) is 6.92 Å². The molecule has 1 aromatic heterocycles. The zero-order chi connectivity index (χ0) is 18.8. The van der Waals surface area contributed by atoms with E-state index >= 15 is 0 Å². The highest BCUT2D eigenvalue weighted by molar-refractivity contribution is 6.42. The largest absolute Gasteiger partial charge is 0.496 e. The van der Waals surface area contributed by atoms with Gasteiger partial charge in [0.25, 0.3) is 0 Å². The van der Waals surface area contributed by atoms with Crippen LogP contribution < -0.4 is 10.1 Å². The summed E-state index contributed by atoms with van der Waals surface area (Å²) < 4.78 is 11.0. The molecule has 0 aliphatic heterocycles. The molecule has 0 saturated carbocycles. The molecule has 0 aliphatic rings. The first-order valence-corrected chi connectivity index (χ1v) is 8.65. The molecule has 1 N–H and O–H groups in total. The lowest BCUT2D eigenvalue weighted by atomic mass is 10.0. The van der Waals surface area contributed by atoms with Gasteiger partial charge in [-0.3, -0.25) is 4.79 Å². The fourth-order valence-electron chi connectivity index (χ4n) is 2.69. The molecule has 3 rings (SSSR count). The first-order valence-electron chi connectivity index (χ1n) is 7.89. The first kappa shape index (κ1) is 18.4. The number of carbonyl (C=O) groups is 1. The van der Waals surface area contributed by atoms with E-state index in [2.05, 4.69) is 5.32 Å². The fourth-order valence-corrected chi connectivity index (χ4v) is 2.98. The van der Waals surface area contributed by atoms with Crippen molar-refractivity contribution >= 4 is 51.3 Å². The molecule has 1 heterocycles. The summed E-state index contributed by atoms with van der Waals surface area (Å²) in [6.45, 7) is 3.83. The van der Waals surface area contributed by atoms with E-state index in [4.69, 9.17) is 32.4 Å². The summed E-state index contributed by atoms with van der Waals surface area (Å²) in [6.07, 6.45) is 3.21. The molecule has 0 bridgehead atoms. The van der Waals surface area contributed by atoms with Crippen LogP contribution in [-0.4, -0.2) is 13.0 Å². The van der Waals surface area contributed by atoms with Crippen molar-refractivity contribution in [2.24, 2.45) is 0 Å². The predicted molar refractivity (Wildman–Crippen MR) is 106 cm³/mol. The average molecular weight is 390 g/mol. The Morgan fingerprint density at radius 3 is 2.65 bits per heavy atom. The molecule has 0 aliphatic carbocycles. The molecule has 0 radical (unpaired) electrons. The minimum Gasteiger partial charge on any atom is -0.496 e. The van der Waals surface area contributed by atoms with E-state index < -0.39 is 0 Å². The van der Waals surface area contributed by atoms with Gasteiger partial charge in [0, 0.05) is 28.8 Å². The number of anilines is 1. The summed E-state index contributed by atoms with van der Waals surface area (Å²) in [5.74, 6) is 0.370. The number of amides is 1. The zero-order valence-electron chi connectivity index (χ0n) is 14.5. The summed E-state index contributed by atoms with van der Waals surface area (Å²) in [5, 5.41) is 4.58. The van der Waals surface area contributed by atoms with Gasteiger partial charge >= 0.3 is 0 Å². The van der Waals surface area contributed by atoms with Crippen molar-refractivity contribution in [3.63, 3.8) is 0 Å². The molecule has 0 fully saturated rings. The maximum absolute atomic E-state index is 12.3. The lowest BCUT2D eigenvalue weighted by Crippen LogP contribution is -2.08. The Kier molecular flexibility index (Phi) is 5.25. The van der Waals surface area contributed by atoms with Crippen molar-refractivity contribution in [3.8, 4) is 5.75 Å². The highest BCUT2D eigenvalue weighted by Crippen LogP contribution is 2.33. The molecule has 0 atom stereocenters. The maximum atomic E-state index is 12.3. The van der Waals surface area contributed by atoms with Gasteiger partial charge in [-0.05, 0) is 49.2 Å². The maximum Gasteiger partial charge on any atom is 0.248 e. The second-order valence-corrected chi connectivity index (χ2v) is 6.73. The van der Waals surface area contributed by atoms with Gasteiger partial charge in [-0.15, -0.1) is 0 Å². The van der Waals surface area contributed by atoms with Gasteiger partial charge < -0.3 is 14.5 Å². The molecule has 0 saturated heterocycles. The van der Waals surface area contributed by atoms with Crippen molar-refractivity contribution in [1.82, 2.24) is 0 Å². The smallest absolute Gasteiger partial charge is 0.248 e. The van der Waals surface area contributed by atoms with Crippen molar-refractivity contribution in [1.29, 1.82) is 0 Å². The Bertz CT molecular complexity index is 1020. The van der Waals surface area contributed by atoms with Crippen molar-refractivity contribution in [2.75, 3.05) is 12.4 Å². The second-order valence-electron chi connectivity index (χ2n) is 5.91. The van der Waals surface area contributed by atoms with E-state index in [9.17, 15) is 4.79 Å². The highest BCUT2D eigenvalue weighted by Gasteiger charge is 2.12. The molecule has 6 heteroatoms. The lowest BCUT2D eigenvalue weighted by Gasteiger charge is -2.10. The van der Waals surface area contributed by atoms with Crippen LogP contribution in [0.25, 0.3) is 16.5 Å². The standard InChI is InChI=1S/C20H17Cl2NO3/c1-11(6-20(24)23-13-4-5-16(21)17(22)7-13)14-8-15-12(2)10-26-19(15)9-18(14)25-3/h4-10H,1-3H3,(H,23,24)/b11-6+. The van der Waals surface area contributed by atoms with E-state index in [1.54, 1.807) is 31.6 Å². The van der Waals surface area contributed by atoms with Gasteiger partial charge in [0.2, 0.25) is 5.91 Å². The number of hydrogen-bond donors (Lipinski definition) is 1. The molecular weight excluding hydrogens is 373 g/mol. The Morgan fingerprint density at radius 2 is 1.96 bits per heavy atom. The van der Waals surface area contributed by atoms with E-state index in [0.717, 1.165) is 27.7 Å². The summed E-state index contributed by atoms with van der Waals surface area (Å²) in [7, 11) is 1.59. The first-order chi connectivity index (χ1) is 12.4. The normalized spacial score (nSPS) is 11.7. The monoisotopic (exact) mass is 389 g/mol. The number of fused-ring (bicyclic) bond motifs is 1. The van der Waals surface area contributed by atoms with Crippen LogP contribution in [0.1, 0.15) is 18.1 Å². The van der Waals surface area contributed by atoms with E-state index in [1.165, 1.54) is 6.08 Å².